The summed E-state index contributed by atoms with van der Waals surface area (Å²) in [5.74, 6) is 0.677. The minimum Gasteiger partial charge on any atom is -0.307 e. The highest BCUT2D eigenvalue weighted by Crippen LogP contribution is 2.35. The van der Waals surface area contributed by atoms with Gasteiger partial charge in [-0.2, -0.15) is 5.10 Å². The van der Waals surface area contributed by atoms with Gasteiger partial charge in [0.1, 0.15) is 0 Å². The summed E-state index contributed by atoms with van der Waals surface area (Å²) in [7, 11) is 0. The van der Waals surface area contributed by atoms with Gasteiger partial charge in [0.25, 0.3) is 0 Å². The summed E-state index contributed by atoms with van der Waals surface area (Å²) < 4.78 is 2.14. The summed E-state index contributed by atoms with van der Waals surface area (Å²) in [6.07, 6.45) is 6.02. The van der Waals surface area contributed by atoms with Crippen molar-refractivity contribution in [1.29, 1.82) is 0 Å². The monoisotopic (exact) mass is 205 g/mol. The van der Waals surface area contributed by atoms with Crippen LogP contribution in [0.25, 0.3) is 0 Å². The standard InChI is InChI=1S/C12H19N3/c1-8(2)6-15-7-10-11-4-3-9(13-11)5-12(10)14-15/h7-9,11,13H,3-6H2,1-2H3/t9-,11+/m0/s1. The molecule has 15 heavy (non-hydrogen) atoms. The second-order valence-corrected chi connectivity index (χ2v) is 5.34. The fourth-order valence-electron chi connectivity index (χ4n) is 2.85. The third-order valence-corrected chi connectivity index (χ3v) is 3.48. The van der Waals surface area contributed by atoms with Crippen molar-refractivity contribution in [3.05, 3.63) is 17.5 Å². The third kappa shape index (κ3) is 1.59. The van der Waals surface area contributed by atoms with Crippen LogP contribution in [0.1, 0.15) is 44.0 Å². The lowest BCUT2D eigenvalue weighted by atomic mass is 10.0. The maximum atomic E-state index is 4.71. The van der Waals surface area contributed by atoms with E-state index in [0.29, 0.717) is 18.0 Å². The van der Waals surface area contributed by atoms with Crippen LogP contribution in [0, 0.1) is 5.92 Å². The molecule has 2 aliphatic heterocycles. The van der Waals surface area contributed by atoms with E-state index in [1.165, 1.54) is 24.1 Å². The van der Waals surface area contributed by atoms with Gasteiger partial charge < -0.3 is 5.32 Å². The SMILES string of the molecule is CC(C)Cn1cc2c(n1)C[C@@H]1CC[C@H]2N1. The molecule has 1 fully saturated rings. The average molecular weight is 205 g/mol. The number of nitrogens with zero attached hydrogens (tertiary/aromatic N) is 2. The predicted octanol–water partition coefficient (Wildman–Crippen LogP) is 1.89. The Balaban J connectivity index is 1.89. The molecule has 82 valence electrons. The normalized spacial score (nSPS) is 28.5. The molecule has 0 aromatic carbocycles. The maximum Gasteiger partial charge on any atom is 0.0687 e. The van der Waals surface area contributed by atoms with Gasteiger partial charge in [0.15, 0.2) is 0 Å². The van der Waals surface area contributed by atoms with E-state index in [0.717, 1.165) is 13.0 Å². The molecule has 1 aromatic heterocycles. The largest absolute Gasteiger partial charge is 0.307 e. The van der Waals surface area contributed by atoms with Crippen molar-refractivity contribution in [1.82, 2.24) is 15.1 Å². The van der Waals surface area contributed by atoms with Gasteiger partial charge in [-0.25, -0.2) is 0 Å². The smallest absolute Gasteiger partial charge is 0.0687 e. The Morgan fingerprint density at radius 3 is 3.20 bits per heavy atom. The third-order valence-electron chi connectivity index (χ3n) is 3.48. The molecule has 2 bridgehead atoms. The van der Waals surface area contributed by atoms with Gasteiger partial charge in [-0.3, -0.25) is 4.68 Å². The van der Waals surface area contributed by atoms with Gasteiger partial charge in [-0.15, -0.1) is 0 Å². The molecule has 0 amide bonds. The molecular formula is C12H19N3. The average Bonchev–Trinajstić information content (AvgIpc) is 2.71. The highest BCUT2D eigenvalue weighted by molar-refractivity contribution is 5.27. The zero-order valence-corrected chi connectivity index (χ0v) is 9.53. The maximum absolute atomic E-state index is 4.71. The lowest BCUT2D eigenvalue weighted by Crippen LogP contribution is -2.31. The number of hydrogen-bond acceptors (Lipinski definition) is 2. The number of nitrogens with one attached hydrogen (secondary N) is 1. The van der Waals surface area contributed by atoms with Crippen LogP contribution >= 0.6 is 0 Å². The molecule has 1 saturated heterocycles. The van der Waals surface area contributed by atoms with Crippen molar-refractivity contribution in [2.24, 2.45) is 5.92 Å². The lowest BCUT2D eigenvalue weighted by Gasteiger charge is -2.19. The molecule has 3 nitrogen and oxygen atoms in total. The van der Waals surface area contributed by atoms with Crippen LogP contribution in [0.3, 0.4) is 0 Å². The summed E-state index contributed by atoms with van der Waals surface area (Å²) >= 11 is 0. The molecule has 2 aliphatic rings. The summed E-state index contributed by atoms with van der Waals surface area (Å²) in [5, 5.41) is 8.37. The minimum atomic E-state index is 0.597. The van der Waals surface area contributed by atoms with Gasteiger partial charge in [-0.1, -0.05) is 13.8 Å². The van der Waals surface area contributed by atoms with Gasteiger partial charge in [-0.05, 0) is 18.8 Å². The Hall–Kier alpha value is -0.830. The lowest BCUT2D eigenvalue weighted by molar-refractivity contribution is 0.475. The zero-order valence-electron chi connectivity index (χ0n) is 9.53. The first-order valence-corrected chi connectivity index (χ1v) is 6.04. The molecule has 1 aromatic rings. The van der Waals surface area contributed by atoms with Gasteiger partial charge in [0.2, 0.25) is 0 Å². The summed E-state index contributed by atoms with van der Waals surface area (Å²) in [6.45, 7) is 5.53. The molecule has 2 atom stereocenters. The Kier molecular flexibility index (Phi) is 2.09. The molecule has 1 N–H and O–H groups in total. The van der Waals surface area contributed by atoms with E-state index in [9.17, 15) is 0 Å². The first-order chi connectivity index (χ1) is 7.22. The van der Waals surface area contributed by atoms with E-state index in [1.807, 2.05) is 0 Å². The second kappa shape index (κ2) is 3.34. The van der Waals surface area contributed by atoms with E-state index in [2.05, 4.69) is 30.0 Å². The number of rotatable bonds is 2. The molecule has 0 aliphatic carbocycles. The van der Waals surface area contributed by atoms with E-state index in [1.54, 1.807) is 0 Å². The number of hydrogen-bond donors (Lipinski definition) is 1. The topological polar surface area (TPSA) is 29.9 Å². The molecule has 3 rings (SSSR count). The van der Waals surface area contributed by atoms with Crippen LogP contribution in [-0.4, -0.2) is 15.8 Å². The van der Waals surface area contributed by atoms with Gasteiger partial charge in [0.05, 0.1) is 5.69 Å². The summed E-state index contributed by atoms with van der Waals surface area (Å²) in [5.41, 5.74) is 2.81. The van der Waals surface area contributed by atoms with Crippen LogP contribution in [0.4, 0.5) is 0 Å². The van der Waals surface area contributed by atoms with Crippen LogP contribution in [0.15, 0.2) is 6.20 Å². The van der Waals surface area contributed by atoms with Gasteiger partial charge >= 0.3 is 0 Å². The quantitative estimate of drug-likeness (QED) is 0.799. The van der Waals surface area contributed by atoms with E-state index in [4.69, 9.17) is 5.10 Å². The molecular weight excluding hydrogens is 186 g/mol. The molecule has 3 heteroatoms. The fraction of sp³-hybridized carbons (Fsp3) is 0.750. The Labute approximate surface area is 90.9 Å². The first-order valence-electron chi connectivity index (χ1n) is 6.04. The highest BCUT2D eigenvalue weighted by atomic mass is 15.3. The van der Waals surface area contributed by atoms with Crippen molar-refractivity contribution in [3.63, 3.8) is 0 Å². The summed E-state index contributed by atoms with van der Waals surface area (Å²) in [4.78, 5) is 0. The van der Waals surface area contributed by atoms with Crippen LogP contribution in [0.5, 0.6) is 0 Å². The first kappa shape index (κ1) is 9.40. The Morgan fingerprint density at radius 1 is 1.53 bits per heavy atom. The minimum absolute atomic E-state index is 0.597. The van der Waals surface area contributed by atoms with Crippen LogP contribution in [-0.2, 0) is 13.0 Å². The van der Waals surface area contributed by atoms with Crippen molar-refractivity contribution in [3.8, 4) is 0 Å². The molecule has 0 spiro atoms. The van der Waals surface area contributed by atoms with Crippen molar-refractivity contribution >= 4 is 0 Å². The zero-order chi connectivity index (χ0) is 10.4. The summed E-state index contributed by atoms with van der Waals surface area (Å²) in [6, 6.07) is 1.30. The van der Waals surface area contributed by atoms with E-state index < -0.39 is 0 Å². The van der Waals surface area contributed by atoms with Crippen LogP contribution in [0.2, 0.25) is 0 Å². The van der Waals surface area contributed by atoms with Gasteiger partial charge in [0, 0.05) is 36.8 Å². The number of aromatic nitrogens is 2. The van der Waals surface area contributed by atoms with Crippen molar-refractivity contribution in [2.75, 3.05) is 0 Å². The van der Waals surface area contributed by atoms with Crippen LogP contribution < -0.4 is 5.32 Å². The van der Waals surface area contributed by atoms with E-state index >= 15 is 0 Å². The molecule has 0 unspecified atom stereocenters. The fourth-order valence-corrected chi connectivity index (χ4v) is 2.85. The predicted molar refractivity (Wildman–Crippen MR) is 59.7 cm³/mol. The Bertz CT molecular complexity index is 367. The van der Waals surface area contributed by atoms with Crippen molar-refractivity contribution in [2.45, 2.75) is 51.7 Å². The molecule has 3 heterocycles. The second-order valence-electron chi connectivity index (χ2n) is 5.34. The van der Waals surface area contributed by atoms with Crippen molar-refractivity contribution < 1.29 is 0 Å². The molecule has 0 radical (unpaired) electrons. The van der Waals surface area contributed by atoms with E-state index in [-0.39, 0.29) is 0 Å². The Morgan fingerprint density at radius 2 is 2.40 bits per heavy atom. The number of fused-ring (bicyclic) bond motifs is 4. The molecule has 0 saturated carbocycles. The highest BCUT2D eigenvalue weighted by Gasteiger charge is 2.34.